The summed E-state index contributed by atoms with van der Waals surface area (Å²) in [5.41, 5.74) is 2.72. The van der Waals surface area contributed by atoms with Crippen LogP contribution < -0.4 is 9.00 Å². The summed E-state index contributed by atoms with van der Waals surface area (Å²) < 4.78 is 5.70. The molecule has 0 aliphatic carbocycles. The van der Waals surface area contributed by atoms with Crippen molar-refractivity contribution in [2.75, 3.05) is 0 Å². The monoisotopic (exact) mass is 466 g/mol. The summed E-state index contributed by atoms with van der Waals surface area (Å²) >= 11 is 11.5. The second-order valence-electron chi connectivity index (χ2n) is 7.09. The van der Waals surface area contributed by atoms with E-state index in [9.17, 15) is 0 Å². The normalized spacial score (nSPS) is 13.0. The van der Waals surface area contributed by atoms with E-state index in [1.54, 1.807) is 9.00 Å². The molecule has 0 N–H and O–H groups in total. The minimum absolute atomic E-state index is 1.21. The first kappa shape index (κ1) is 17.2. The van der Waals surface area contributed by atoms with E-state index < -0.39 is 16.1 Å². The zero-order valence-corrected chi connectivity index (χ0v) is 19.5. The lowest BCUT2D eigenvalue weighted by Gasteiger charge is -2.14. The van der Waals surface area contributed by atoms with Gasteiger partial charge in [-0.3, -0.25) is 0 Å². The van der Waals surface area contributed by atoms with Crippen molar-refractivity contribution in [3.8, 4) is 11.1 Å². The summed E-state index contributed by atoms with van der Waals surface area (Å²) in [6, 6.07) is 2.41. The number of halogens is 2. The molecule has 0 aromatic carbocycles. The lowest BCUT2D eigenvalue weighted by molar-refractivity contribution is 1.72. The highest BCUT2D eigenvalue weighted by atomic mass is 79.9. The van der Waals surface area contributed by atoms with Crippen molar-refractivity contribution in [3.05, 3.63) is 19.7 Å². The molecule has 0 nitrogen and oxygen atoms in total. The maximum absolute atomic E-state index is 3.87. The second kappa shape index (κ2) is 5.78. The van der Waals surface area contributed by atoms with Crippen LogP contribution in [0.15, 0.2) is 19.7 Å². The van der Waals surface area contributed by atoms with Gasteiger partial charge >= 0.3 is 0 Å². The maximum Gasteiger partial charge on any atom is 0.0919 e. The van der Waals surface area contributed by atoms with Gasteiger partial charge in [0.25, 0.3) is 0 Å². The van der Waals surface area contributed by atoms with Gasteiger partial charge < -0.3 is 0 Å². The van der Waals surface area contributed by atoms with Gasteiger partial charge in [-0.25, -0.2) is 0 Å². The lowest BCUT2D eigenvalue weighted by Crippen LogP contribution is -2.36. The van der Waals surface area contributed by atoms with E-state index in [1.807, 2.05) is 22.7 Å². The largest absolute Gasteiger partial charge is 0.153 e. The van der Waals surface area contributed by atoms with Crippen molar-refractivity contribution in [2.45, 2.75) is 39.3 Å². The van der Waals surface area contributed by atoms with E-state index in [0.717, 1.165) is 0 Å². The highest BCUT2D eigenvalue weighted by Gasteiger charge is 2.27. The fourth-order valence-corrected chi connectivity index (χ4v) is 12.0. The van der Waals surface area contributed by atoms with E-state index in [-0.39, 0.29) is 0 Å². The number of hydrogen-bond donors (Lipinski definition) is 0. The highest BCUT2D eigenvalue weighted by molar-refractivity contribution is 9.11. The van der Waals surface area contributed by atoms with Crippen molar-refractivity contribution in [3.63, 3.8) is 0 Å². The minimum Gasteiger partial charge on any atom is -0.153 e. The Morgan fingerprint density at radius 3 is 1.95 bits per heavy atom. The molecule has 0 saturated heterocycles. The topological polar surface area (TPSA) is 0 Å². The van der Waals surface area contributed by atoms with Gasteiger partial charge in [-0.05, 0) is 53.4 Å². The molecule has 0 fully saturated rings. The van der Waals surface area contributed by atoms with Crippen molar-refractivity contribution in [1.29, 1.82) is 0 Å². The van der Waals surface area contributed by atoms with Crippen LogP contribution in [0.3, 0.4) is 0 Å². The van der Waals surface area contributed by atoms with Gasteiger partial charge in [0.15, 0.2) is 0 Å². The summed E-state index contributed by atoms with van der Waals surface area (Å²) in [6.45, 7) is 14.4. The molecule has 0 spiro atoms. The van der Waals surface area contributed by atoms with Crippen LogP contribution in [0.1, 0.15) is 0 Å². The fourth-order valence-electron chi connectivity index (χ4n) is 1.97. The van der Waals surface area contributed by atoms with Gasteiger partial charge in [-0.2, -0.15) is 11.3 Å². The molecule has 20 heavy (non-hydrogen) atoms. The zero-order valence-electron chi connectivity index (χ0n) is 12.7. The van der Waals surface area contributed by atoms with Crippen LogP contribution in [0.25, 0.3) is 11.1 Å². The molecule has 2 rings (SSSR count). The highest BCUT2D eigenvalue weighted by Crippen LogP contribution is 2.41. The third-order valence-corrected chi connectivity index (χ3v) is 14.5. The van der Waals surface area contributed by atoms with Gasteiger partial charge in [0.05, 0.1) is 19.9 Å². The minimum atomic E-state index is -1.30. The summed E-state index contributed by atoms with van der Waals surface area (Å²) in [7, 11) is -2.51. The van der Waals surface area contributed by atoms with Crippen LogP contribution in [0.4, 0.5) is 0 Å². The number of rotatable bonds is 3. The van der Waals surface area contributed by atoms with Gasteiger partial charge in [0.2, 0.25) is 0 Å². The Hall–Kier alpha value is 0.794. The average Bonchev–Trinajstić information content (AvgIpc) is 2.81. The molecule has 0 radical (unpaired) electrons. The maximum atomic E-state index is 3.87. The van der Waals surface area contributed by atoms with Crippen molar-refractivity contribution >= 4 is 79.7 Å². The summed E-state index contributed by atoms with van der Waals surface area (Å²) in [5, 5.41) is 2.32. The summed E-state index contributed by atoms with van der Waals surface area (Å²) in [4.78, 5) is 0. The van der Waals surface area contributed by atoms with Crippen LogP contribution in [0.5, 0.6) is 0 Å². The molecule has 110 valence electrons. The average molecular weight is 468 g/mol. The van der Waals surface area contributed by atoms with E-state index in [0.29, 0.717) is 0 Å². The van der Waals surface area contributed by atoms with E-state index >= 15 is 0 Å². The number of thiophene rings is 2. The predicted octanol–water partition coefficient (Wildman–Crippen LogP) is 6.09. The third kappa shape index (κ3) is 3.41. The van der Waals surface area contributed by atoms with Crippen molar-refractivity contribution in [1.82, 2.24) is 0 Å². The molecule has 0 bridgehead atoms. The van der Waals surface area contributed by atoms with Gasteiger partial charge in [0.1, 0.15) is 0 Å². The molecule has 0 amide bonds. The molecule has 0 aliphatic rings. The molecule has 0 saturated carbocycles. The molecule has 2 aromatic heterocycles. The Balaban J connectivity index is 2.54. The molecular formula is C14H20Br2S2Si2. The molecule has 2 heterocycles. The first-order chi connectivity index (χ1) is 9.01. The fraction of sp³-hybridized carbons (Fsp3) is 0.429. The molecule has 2 aromatic rings. The predicted molar refractivity (Wildman–Crippen MR) is 109 cm³/mol. The molecule has 0 aliphatic heterocycles. The Bertz CT molecular complexity index is 631. The SMILES string of the molecule is C[Si](C)(C)c1cc(-c2c(Br)sc([Si](C)(C)C)c2Br)cs1. The van der Waals surface area contributed by atoms with Crippen LogP contribution in [0, 0.1) is 0 Å². The first-order valence-electron chi connectivity index (χ1n) is 6.59. The smallest absolute Gasteiger partial charge is 0.0919 e. The Morgan fingerprint density at radius 1 is 0.950 bits per heavy atom. The van der Waals surface area contributed by atoms with E-state index in [1.165, 1.54) is 19.4 Å². The van der Waals surface area contributed by atoms with Crippen molar-refractivity contribution in [2.24, 2.45) is 0 Å². The Kier molecular flexibility index (Phi) is 4.95. The van der Waals surface area contributed by atoms with Gasteiger partial charge in [-0.1, -0.05) is 39.3 Å². The Labute approximate surface area is 148 Å². The third-order valence-electron chi connectivity index (χ3n) is 3.12. The van der Waals surface area contributed by atoms with Gasteiger partial charge in [-0.15, -0.1) is 11.3 Å². The van der Waals surface area contributed by atoms with Crippen LogP contribution in [-0.2, 0) is 0 Å². The first-order valence-corrected chi connectivity index (χ1v) is 16.9. The van der Waals surface area contributed by atoms with E-state index in [2.05, 4.69) is 82.6 Å². The van der Waals surface area contributed by atoms with Crippen LogP contribution >= 0.6 is 54.5 Å². The van der Waals surface area contributed by atoms with E-state index in [4.69, 9.17) is 0 Å². The van der Waals surface area contributed by atoms with Crippen LogP contribution in [-0.4, -0.2) is 16.1 Å². The molecule has 6 heteroatoms. The number of hydrogen-bond acceptors (Lipinski definition) is 2. The van der Waals surface area contributed by atoms with Crippen LogP contribution in [0.2, 0.25) is 39.3 Å². The summed E-state index contributed by atoms with van der Waals surface area (Å²) in [5.74, 6) is 0. The van der Waals surface area contributed by atoms with Crippen molar-refractivity contribution < 1.29 is 0 Å². The molecular weight excluding hydrogens is 448 g/mol. The molecule has 0 atom stereocenters. The lowest BCUT2D eigenvalue weighted by atomic mass is 10.2. The second-order valence-corrected chi connectivity index (χ2v) is 21.9. The standard InChI is InChI=1S/C14H20Br2S2Si2/c1-19(2,3)10-7-9(8-17-10)11-12(15)14(18-13(11)16)20(4,5)6/h7-8H,1-6H3. The molecule has 0 unspecified atom stereocenters. The Morgan fingerprint density at radius 2 is 1.55 bits per heavy atom. The summed E-state index contributed by atoms with van der Waals surface area (Å²) in [6.07, 6.45) is 0. The van der Waals surface area contributed by atoms with Gasteiger partial charge in [0, 0.05) is 14.5 Å². The zero-order chi connectivity index (χ0) is 15.3. The quantitative estimate of drug-likeness (QED) is 0.478.